The molecule has 0 aliphatic carbocycles. The van der Waals surface area contributed by atoms with E-state index < -0.39 is 11.8 Å². The van der Waals surface area contributed by atoms with E-state index in [-0.39, 0.29) is 19.3 Å². The van der Waals surface area contributed by atoms with Crippen molar-refractivity contribution in [1.82, 2.24) is 0 Å². The molecular formula is C9H8O4. The normalized spacial score (nSPS) is 14.2. The Morgan fingerprint density at radius 3 is 1.85 bits per heavy atom. The summed E-state index contributed by atoms with van der Waals surface area (Å²) in [6.45, 7) is 0. The van der Waals surface area contributed by atoms with Gasteiger partial charge in [-0.1, -0.05) is 0 Å². The van der Waals surface area contributed by atoms with Gasteiger partial charge in [0.1, 0.15) is 0 Å². The Morgan fingerprint density at radius 1 is 0.846 bits per heavy atom. The summed E-state index contributed by atoms with van der Waals surface area (Å²) < 4.78 is 0. The molecule has 4 nitrogen and oxygen atoms in total. The molecular weight excluding hydrogens is 172 g/mol. The number of rotatable bonds is 8. The Morgan fingerprint density at radius 2 is 1.46 bits per heavy atom. The van der Waals surface area contributed by atoms with Gasteiger partial charge in [0.25, 0.3) is 0 Å². The number of hydrogen-bond acceptors (Lipinski definition) is 4. The van der Waals surface area contributed by atoms with Crippen LogP contribution in [0.1, 0.15) is 19.3 Å². The van der Waals surface area contributed by atoms with E-state index in [1.807, 2.05) is 0 Å². The average Bonchev–Trinajstić information content (AvgIpc) is 2.17. The third-order valence-electron chi connectivity index (χ3n) is 1.65. The van der Waals surface area contributed by atoms with Crippen LogP contribution in [0.2, 0.25) is 0 Å². The quantitative estimate of drug-likeness (QED) is 0.520. The zero-order chi connectivity index (χ0) is 10.1. The second-order valence-corrected chi connectivity index (χ2v) is 2.48. The maximum Gasteiger partial charge on any atom is 0.202 e. The smallest absolute Gasteiger partial charge is 0.202 e. The maximum atomic E-state index is 10.3. The van der Waals surface area contributed by atoms with Gasteiger partial charge in [0, 0.05) is 24.7 Å². The van der Waals surface area contributed by atoms with Crippen LogP contribution >= 0.6 is 0 Å². The third kappa shape index (κ3) is 4.30. The van der Waals surface area contributed by atoms with Crippen LogP contribution in [0.15, 0.2) is 0 Å². The van der Waals surface area contributed by atoms with Crippen LogP contribution in [0.25, 0.3) is 0 Å². The lowest BCUT2D eigenvalue weighted by atomic mass is 9.89. The number of carbonyl (C=O) groups excluding carboxylic acids is 4. The highest BCUT2D eigenvalue weighted by Crippen LogP contribution is 2.15. The van der Waals surface area contributed by atoms with Crippen LogP contribution in [0.5, 0.6) is 0 Å². The molecule has 0 aromatic heterocycles. The second-order valence-electron chi connectivity index (χ2n) is 2.48. The van der Waals surface area contributed by atoms with E-state index in [9.17, 15) is 19.2 Å². The van der Waals surface area contributed by atoms with Crippen molar-refractivity contribution in [3.63, 3.8) is 0 Å². The Kier molecular flexibility index (Phi) is 6.59. The van der Waals surface area contributed by atoms with E-state index in [1.165, 1.54) is 6.29 Å². The predicted octanol–water partition coefficient (Wildman–Crippen LogP) is -0.172. The fourth-order valence-electron chi connectivity index (χ4n) is 0.913. The van der Waals surface area contributed by atoms with Crippen molar-refractivity contribution < 1.29 is 19.2 Å². The van der Waals surface area contributed by atoms with Crippen LogP contribution in [0.4, 0.5) is 0 Å². The summed E-state index contributed by atoms with van der Waals surface area (Å²) in [4.78, 5) is 40.4. The van der Waals surface area contributed by atoms with Crippen molar-refractivity contribution >= 4 is 25.1 Å². The summed E-state index contributed by atoms with van der Waals surface area (Å²) in [5.74, 6) is -1.58. The molecule has 0 spiro atoms. The molecule has 0 saturated carbocycles. The van der Waals surface area contributed by atoms with Gasteiger partial charge in [-0.25, -0.2) is 0 Å². The van der Waals surface area contributed by atoms with E-state index >= 15 is 0 Å². The van der Waals surface area contributed by atoms with Gasteiger partial charge in [-0.05, 0) is 6.42 Å². The van der Waals surface area contributed by atoms with Crippen LogP contribution in [-0.2, 0) is 19.2 Å². The first-order chi connectivity index (χ1) is 6.29. The van der Waals surface area contributed by atoms with E-state index in [0.717, 1.165) is 0 Å². The molecule has 0 fully saturated rings. The lowest BCUT2D eigenvalue weighted by molar-refractivity contribution is 0.427. The van der Waals surface area contributed by atoms with Gasteiger partial charge in [0.2, 0.25) is 12.6 Å². The van der Waals surface area contributed by atoms with Gasteiger partial charge in [0.05, 0.1) is 0 Å². The minimum atomic E-state index is -0.830. The van der Waals surface area contributed by atoms with Gasteiger partial charge in [0.15, 0.2) is 12.6 Å². The van der Waals surface area contributed by atoms with E-state index in [4.69, 9.17) is 0 Å². The van der Waals surface area contributed by atoms with Crippen LogP contribution in [0.3, 0.4) is 0 Å². The van der Waals surface area contributed by atoms with Crippen LogP contribution < -0.4 is 0 Å². The highest BCUT2D eigenvalue weighted by atomic mass is 16.1. The zero-order valence-electron chi connectivity index (χ0n) is 6.91. The van der Waals surface area contributed by atoms with E-state index in [0.29, 0.717) is 0 Å². The standard InChI is InChI=1S/C9H8O4/c10-4-1-2-8(6-12)9(7-13)3-5-11/h8-9H,1-3H2. The summed E-state index contributed by atoms with van der Waals surface area (Å²) in [5.41, 5.74) is 0. The summed E-state index contributed by atoms with van der Waals surface area (Å²) in [6, 6.07) is 0. The molecule has 68 valence electrons. The van der Waals surface area contributed by atoms with Crippen molar-refractivity contribution in [2.45, 2.75) is 19.3 Å². The third-order valence-corrected chi connectivity index (χ3v) is 1.65. The molecule has 13 heavy (non-hydrogen) atoms. The molecule has 0 N–H and O–H groups in total. The minimum absolute atomic E-state index is 0.0525. The highest BCUT2D eigenvalue weighted by Gasteiger charge is 2.21. The van der Waals surface area contributed by atoms with Gasteiger partial charge in [-0.2, -0.15) is 0 Å². The van der Waals surface area contributed by atoms with E-state index in [1.54, 1.807) is 18.9 Å². The summed E-state index contributed by atoms with van der Waals surface area (Å²) in [6.07, 6.45) is 6.33. The SMILES string of the molecule is O=[C]CCC([C]=O)C([C]=O)C[C]=O. The molecule has 2 unspecified atom stereocenters. The zero-order valence-corrected chi connectivity index (χ0v) is 6.91. The van der Waals surface area contributed by atoms with Crippen molar-refractivity contribution in [1.29, 1.82) is 0 Å². The van der Waals surface area contributed by atoms with Crippen molar-refractivity contribution in [2.75, 3.05) is 0 Å². The topological polar surface area (TPSA) is 68.3 Å². The molecule has 0 rings (SSSR count). The number of hydrogen-bond donors (Lipinski definition) is 0. The summed E-state index contributed by atoms with van der Waals surface area (Å²) >= 11 is 0. The van der Waals surface area contributed by atoms with Gasteiger partial charge in [-0.3, -0.25) is 19.2 Å². The van der Waals surface area contributed by atoms with Crippen molar-refractivity contribution in [3.8, 4) is 0 Å². The van der Waals surface area contributed by atoms with E-state index in [2.05, 4.69) is 0 Å². The Hall–Kier alpha value is -1.32. The van der Waals surface area contributed by atoms with Gasteiger partial charge < -0.3 is 0 Å². The van der Waals surface area contributed by atoms with Crippen molar-refractivity contribution in [2.24, 2.45) is 11.8 Å². The molecule has 0 aromatic rings. The average molecular weight is 180 g/mol. The molecule has 4 radical (unpaired) electrons. The Balaban J connectivity index is 4.14. The lowest BCUT2D eigenvalue weighted by Crippen LogP contribution is -2.18. The van der Waals surface area contributed by atoms with Gasteiger partial charge in [-0.15, -0.1) is 0 Å². The highest BCUT2D eigenvalue weighted by molar-refractivity contribution is 5.70. The molecule has 0 saturated heterocycles. The summed E-state index contributed by atoms with van der Waals surface area (Å²) in [7, 11) is 0. The molecule has 0 aromatic carbocycles. The molecule has 0 amide bonds. The fraction of sp³-hybridized carbons (Fsp3) is 0.556. The van der Waals surface area contributed by atoms with Gasteiger partial charge >= 0.3 is 0 Å². The molecule has 0 heterocycles. The Bertz CT molecular complexity index is 188. The minimum Gasteiger partial charge on any atom is -0.291 e. The fourth-order valence-corrected chi connectivity index (χ4v) is 0.913. The van der Waals surface area contributed by atoms with Crippen LogP contribution in [-0.4, -0.2) is 25.1 Å². The first-order valence-electron chi connectivity index (χ1n) is 3.75. The molecule has 0 aliphatic heterocycles. The second kappa shape index (κ2) is 7.34. The Labute approximate surface area is 76.3 Å². The molecule has 0 bridgehead atoms. The monoisotopic (exact) mass is 180 g/mol. The largest absolute Gasteiger partial charge is 0.291 e. The first kappa shape index (κ1) is 11.7. The molecule has 0 aliphatic rings. The van der Waals surface area contributed by atoms with Crippen LogP contribution in [0, 0.1) is 11.8 Å². The molecule has 4 heteroatoms. The lowest BCUT2D eigenvalue weighted by Gasteiger charge is -2.10. The maximum absolute atomic E-state index is 10.3. The van der Waals surface area contributed by atoms with Crippen molar-refractivity contribution in [3.05, 3.63) is 0 Å². The molecule has 2 atom stereocenters. The summed E-state index contributed by atoms with van der Waals surface area (Å²) in [5, 5.41) is 0. The predicted molar refractivity (Wildman–Crippen MR) is 43.6 cm³/mol. The first-order valence-corrected chi connectivity index (χ1v) is 3.75.